The van der Waals surface area contributed by atoms with Crippen LogP contribution in [0.1, 0.15) is 31.0 Å². The van der Waals surface area contributed by atoms with E-state index in [2.05, 4.69) is 10.6 Å². The zero-order chi connectivity index (χ0) is 19.2. The number of carbonyl (C=O) groups excluding carboxylic acids is 1. The molecule has 0 aromatic heterocycles. The number of rotatable bonds is 5. The van der Waals surface area contributed by atoms with Crippen LogP contribution in [0.3, 0.4) is 0 Å². The maximum atomic E-state index is 12.5. The highest BCUT2D eigenvalue weighted by Gasteiger charge is 2.32. The monoisotopic (exact) mass is 364 g/mol. The van der Waals surface area contributed by atoms with Gasteiger partial charge < -0.3 is 15.2 Å². The van der Waals surface area contributed by atoms with Gasteiger partial charge in [0.2, 0.25) is 0 Å². The SMILES string of the molecule is CCOC(=O)C1=C(C)NC(/C=C(\O)c2ccccc2)NC1c1ccccc1. The molecule has 1 heterocycles. The molecule has 3 N–H and O–H groups in total. The lowest BCUT2D eigenvalue weighted by Gasteiger charge is -2.34. The maximum absolute atomic E-state index is 12.5. The Hall–Kier alpha value is -3.05. The summed E-state index contributed by atoms with van der Waals surface area (Å²) in [5, 5.41) is 17.1. The van der Waals surface area contributed by atoms with Gasteiger partial charge in [0.1, 0.15) is 11.9 Å². The molecule has 140 valence electrons. The van der Waals surface area contributed by atoms with Crippen LogP contribution in [-0.4, -0.2) is 23.8 Å². The van der Waals surface area contributed by atoms with Crippen LogP contribution >= 0.6 is 0 Å². The minimum Gasteiger partial charge on any atom is -0.508 e. The molecule has 0 bridgehead atoms. The highest BCUT2D eigenvalue weighted by atomic mass is 16.5. The number of carbonyl (C=O) groups is 1. The maximum Gasteiger partial charge on any atom is 0.337 e. The first-order chi connectivity index (χ1) is 13.1. The van der Waals surface area contributed by atoms with Gasteiger partial charge in [-0.3, -0.25) is 5.32 Å². The molecule has 2 aromatic carbocycles. The molecule has 27 heavy (non-hydrogen) atoms. The summed E-state index contributed by atoms with van der Waals surface area (Å²) in [6.45, 7) is 3.96. The molecule has 2 atom stereocenters. The lowest BCUT2D eigenvalue weighted by molar-refractivity contribution is -0.139. The molecule has 3 rings (SSSR count). The van der Waals surface area contributed by atoms with Crippen molar-refractivity contribution in [3.8, 4) is 0 Å². The number of allylic oxidation sites excluding steroid dienone is 1. The summed E-state index contributed by atoms with van der Waals surface area (Å²) in [6.07, 6.45) is 1.37. The Morgan fingerprint density at radius 1 is 1.11 bits per heavy atom. The van der Waals surface area contributed by atoms with Gasteiger partial charge in [-0.1, -0.05) is 60.7 Å². The van der Waals surface area contributed by atoms with E-state index >= 15 is 0 Å². The van der Waals surface area contributed by atoms with Gasteiger partial charge in [-0.05, 0) is 25.5 Å². The minimum atomic E-state index is -0.349. The van der Waals surface area contributed by atoms with Crippen molar-refractivity contribution in [3.63, 3.8) is 0 Å². The Kier molecular flexibility index (Phi) is 5.94. The topological polar surface area (TPSA) is 70.6 Å². The van der Waals surface area contributed by atoms with Crippen molar-refractivity contribution < 1.29 is 14.6 Å². The van der Waals surface area contributed by atoms with E-state index in [-0.39, 0.29) is 23.9 Å². The second-order valence-electron chi connectivity index (χ2n) is 6.31. The summed E-state index contributed by atoms with van der Waals surface area (Å²) in [7, 11) is 0. The second kappa shape index (κ2) is 8.56. The van der Waals surface area contributed by atoms with Gasteiger partial charge in [-0.25, -0.2) is 4.79 Å². The van der Waals surface area contributed by atoms with E-state index in [0.29, 0.717) is 12.2 Å². The molecule has 0 saturated heterocycles. The Labute approximate surface area is 159 Å². The number of aliphatic hydroxyl groups excluding tert-OH is 1. The third kappa shape index (κ3) is 4.38. The first kappa shape index (κ1) is 18.7. The van der Waals surface area contributed by atoms with Crippen LogP contribution in [0.25, 0.3) is 5.76 Å². The smallest absolute Gasteiger partial charge is 0.337 e. The number of benzene rings is 2. The van der Waals surface area contributed by atoms with Gasteiger partial charge in [0.05, 0.1) is 18.2 Å². The van der Waals surface area contributed by atoms with Crippen molar-refractivity contribution in [3.05, 3.63) is 89.1 Å². The first-order valence-electron chi connectivity index (χ1n) is 9.01. The molecule has 0 fully saturated rings. The Balaban J connectivity index is 1.94. The average Bonchev–Trinajstić information content (AvgIpc) is 2.69. The van der Waals surface area contributed by atoms with Crippen molar-refractivity contribution in [2.45, 2.75) is 26.1 Å². The molecule has 0 amide bonds. The number of aliphatic hydroxyl groups is 1. The van der Waals surface area contributed by atoms with Crippen LogP contribution < -0.4 is 10.6 Å². The average molecular weight is 364 g/mol. The van der Waals surface area contributed by atoms with Gasteiger partial charge in [-0.2, -0.15) is 0 Å². The Morgan fingerprint density at radius 2 is 1.74 bits per heavy atom. The lowest BCUT2D eigenvalue weighted by atomic mass is 9.94. The van der Waals surface area contributed by atoms with Crippen LogP contribution in [0.5, 0.6) is 0 Å². The fourth-order valence-corrected chi connectivity index (χ4v) is 3.17. The lowest BCUT2D eigenvalue weighted by Crippen LogP contribution is -2.49. The normalized spacial score (nSPS) is 20.1. The van der Waals surface area contributed by atoms with Crippen molar-refractivity contribution in [2.75, 3.05) is 6.61 Å². The van der Waals surface area contributed by atoms with Crippen molar-refractivity contribution in [1.29, 1.82) is 0 Å². The van der Waals surface area contributed by atoms with E-state index < -0.39 is 0 Å². The van der Waals surface area contributed by atoms with E-state index in [1.165, 1.54) is 0 Å². The summed E-state index contributed by atoms with van der Waals surface area (Å²) in [5.74, 6) is -0.182. The Bertz CT molecular complexity index is 844. The molecule has 2 aromatic rings. The molecule has 0 aliphatic carbocycles. The first-order valence-corrected chi connectivity index (χ1v) is 9.01. The molecular weight excluding hydrogens is 340 g/mol. The Morgan fingerprint density at radius 3 is 2.37 bits per heavy atom. The van der Waals surface area contributed by atoms with Crippen LogP contribution in [0, 0.1) is 0 Å². The summed E-state index contributed by atoms with van der Waals surface area (Å²) >= 11 is 0. The van der Waals surface area contributed by atoms with E-state index in [1.807, 2.05) is 67.6 Å². The quantitative estimate of drug-likeness (QED) is 0.558. The number of hydrogen-bond donors (Lipinski definition) is 3. The fraction of sp³-hybridized carbons (Fsp3) is 0.227. The molecule has 5 nitrogen and oxygen atoms in total. The van der Waals surface area contributed by atoms with E-state index in [4.69, 9.17) is 4.74 Å². The highest BCUT2D eigenvalue weighted by Crippen LogP contribution is 2.29. The van der Waals surface area contributed by atoms with Gasteiger partial charge in [0, 0.05) is 11.3 Å². The second-order valence-corrected chi connectivity index (χ2v) is 6.31. The van der Waals surface area contributed by atoms with Crippen molar-refractivity contribution in [2.24, 2.45) is 0 Å². The van der Waals surface area contributed by atoms with Crippen LogP contribution in [0.4, 0.5) is 0 Å². The number of nitrogens with one attached hydrogen (secondary N) is 2. The largest absolute Gasteiger partial charge is 0.508 e. The van der Waals surface area contributed by atoms with Crippen LogP contribution in [0.15, 0.2) is 78.0 Å². The molecule has 2 unspecified atom stereocenters. The van der Waals surface area contributed by atoms with E-state index in [0.717, 1.165) is 16.8 Å². The van der Waals surface area contributed by atoms with Crippen LogP contribution in [-0.2, 0) is 9.53 Å². The molecule has 1 aliphatic rings. The zero-order valence-electron chi connectivity index (χ0n) is 15.5. The molecule has 5 heteroatoms. The van der Waals surface area contributed by atoms with Crippen LogP contribution in [0.2, 0.25) is 0 Å². The molecule has 0 saturated carbocycles. The van der Waals surface area contributed by atoms with Crippen molar-refractivity contribution >= 4 is 11.7 Å². The number of hydrogen-bond acceptors (Lipinski definition) is 5. The summed E-state index contributed by atoms with van der Waals surface area (Å²) in [5.41, 5.74) is 2.96. The van der Waals surface area contributed by atoms with Gasteiger partial charge in [0.15, 0.2) is 0 Å². The predicted molar refractivity (Wildman–Crippen MR) is 106 cm³/mol. The van der Waals surface area contributed by atoms with Gasteiger partial charge >= 0.3 is 5.97 Å². The molecular formula is C22H24N2O3. The van der Waals surface area contributed by atoms with Gasteiger partial charge in [-0.15, -0.1) is 0 Å². The number of esters is 1. The standard InChI is InChI=1S/C22H24N2O3/c1-3-27-22(26)20-15(2)23-19(14-18(25)16-10-6-4-7-11-16)24-21(20)17-12-8-5-9-13-17/h4-14,19,21,23-25H,3H2,1-2H3/b18-14-. The third-order valence-corrected chi connectivity index (χ3v) is 4.43. The zero-order valence-corrected chi connectivity index (χ0v) is 15.5. The summed E-state index contributed by atoms with van der Waals surface area (Å²) in [4.78, 5) is 12.5. The molecule has 1 aliphatic heterocycles. The molecule has 0 spiro atoms. The summed E-state index contributed by atoms with van der Waals surface area (Å²) in [6, 6.07) is 18.7. The minimum absolute atomic E-state index is 0.166. The number of ether oxygens (including phenoxy) is 1. The van der Waals surface area contributed by atoms with Crippen molar-refractivity contribution in [1.82, 2.24) is 10.6 Å². The predicted octanol–water partition coefficient (Wildman–Crippen LogP) is 3.68. The third-order valence-electron chi connectivity index (χ3n) is 4.43. The fourth-order valence-electron chi connectivity index (χ4n) is 3.17. The van der Waals surface area contributed by atoms with Gasteiger partial charge in [0.25, 0.3) is 0 Å². The van der Waals surface area contributed by atoms with E-state index in [1.54, 1.807) is 13.0 Å². The highest BCUT2D eigenvalue weighted by molar-refractivity contribution is 5.91. The molecule has 0 radical (unpaired) electrons. The van der Waals surface area contributed by atoms with E-state index in [9.17, 15) is 9.90 Å². The summed E-state index contributed by atoms with van der Waals surface area (Å²) < 4.78 is 5.25.